The summed E-state index contributed by atoms with van der Waals surface area (Å²) >= 11 is 0. The zero-order chi connectivity index (χ0) is 14.8. The molecule has 0 atom stereocenters. The highest BCUT2D eigenvalue weighted by Crippen LogP contribution is 2.33. The standard InChI is InChI=1S/C17H15NO3/c1-20-12-7-11(8-13(10-12)21-2)9-15-14-5-3-4-6-16(14)18-17(15)19/h3-10H,1-2H3,(H,18,19)/b15-9+. The third kappa shape index (κ3) is 2.48. The Morgan fingerprint density at radius 1 is 1.00 bits per heavy atom. The summed E-state index contributed by atoms with van der Waals surface area (Å²) in [5.41, 5.74) is 3.24. The van der Waals surface area contributed by atoms with Crippen LogP contribution in [0.4, 0.5) is 5.69 Å². The Kier molecular flexibility index (Phi) is 3.36. The van der Waals surface area contributed by atoms with E-state index in [0.717, 1.165) is 16.8 Å². The van der Waals surface area contributed by atoms with Crippen LogP contribution in [0.25, 0.3) is 11.6 Å². The molecule has 0 aromatic heterocycles. The molecule has 0 saturated carbocycles. The monoisotopic (exact) mass is 281 g/mol. The molecular formula is C17H15NO3. The Labute approximate surface area is 123 Å². The van der Waals surface area contributed by atoms with Crippen molar-refractivity contribution in [3.05, 3.63) is 53.6 Å². The van der Waals surface area contributed by atoms with Gasteiger partial charge >= 0.3 is 0 Å². The first-order valence-electron chi connectivity index (χ1n) is 6.57. The Balaban J connectivity index is 2.08. The van der Waals surface area contributed by atoms with Crippen molar-refractivity contribution < 1.29 is 14.3 Å². The van der Waals surface area contributed by atoms with E-state index in [4.69, 9.17) is 9.47 Å². The van der Waals surface area contributed by atoms with Gasteiger partial charge in [-0.2, -0.15) is 0 Å². The second-order valence-corrected chi connectivity index (χ2v) is 4.70. The van der Waals surface area contributed by atoms with Crippen molar-refractivity contribution in [2.45, 2.75) is 0 Å². The molecule has 3 rings (SSSR count). The molecule has 106 valence electrons. The van der Waals surface area contributed by atoms with Gasteiger partial charge < -0.3 is 14.8 Å². The Morgan fingerprint density at radius 2 is 1.67 bits per heavy atom. The van der Waals surface area contributed by atoms with Crippen LogP contribution in [-0.4, -0.2) is 20.1 Å². The molecule has 1 N–H and O–H groups in total. The SMILES string of the molecule is COc1cc(/C=C2/C(=O)Nc3ccccc32)cc(OC)c1. The maximum absolute atomic E-state index is 12.1. The number of carbonyl (C=O) groups excluding carboxylic acids is 1. The van der Waals surface area contributed by atoms with Crippen molar-refractivity contribution in [1.29, 1.82) is 0 Å². The van der Waals surface area contributed by atoms with Crippen LogP contribution in [0, 0.1) is 0 Å². The van der Waals surface area contributed by atoms with Crippen molar-refractivity contribution in [3.8, 4) is 11.5 Å². The summed E-state index contributed by atoms with van der Waals surface area (Å²) in [7, 11) is 3.20. The van der Waals surface area contributed by atoms with E-state index in [1.807, 2.05) is 42.5 Å². The van der Waals surface area contributed by atoms with Crippen LogP contribution in [0.5, 0.6) is 11.5 Å². The van der Waals surface area contributed by atoms with Crippen molar-refractivity contribution in [2.75, 3.05) is 19.5 Å². The van der Waals surface area contributed by atoms with Crippen molar-refractivity contribution >= 4 is 23.2 Å². The summed E-state index contributed by atoms with van der Waals surface area (Å²) in [5, 5.41) is 2.86. The first-order chi connectivity index (χ1) is 10.2. The lowest BCUT2D eigenvalue weighted by Crippen LogP contribution is -2.03. The number of nitrogens with one attached hydrogen (secondary N) is 1. The lowest BCUT2D eigenvalue weighted by atomic mass is 10.0. The predicted molar refractivity (Wildman–Crippen MR) is 82.5 cm³/mol. The minimum atomic E-state index is -0.0991. The molecule has 4 nitrogen and oxygen atoms in total. The average molecular weight is 281 g/mol. The Hall–Kier alpha value is -2.75. The second kappa shape index (κ2) is 5.32. The number of para-hydroxylation sites is 1. The van der Waals surface area contributed by atoms with Gasteiger partial charge in [0.05, 0.1) is 14.2 Å². The minimum Gasteiger partial charge on any atom is -0.497 e. The van der Waals surface area contributed by atoms with Gasteiger partial charge in [0.1, 0.15) is 11.5 Å². The van der Waals surface area contributed by atoms with E-state index in [1.165, 1.54) is 0 Å². The summed E-state index contributed by atoms with van der Waals surface area (Å²) in [5.74, 6) is 1.28. The summed E-state index contributed by atoms with van der Waals surface area (Å²) in [6.45, 7) is 0. The zero-order valence-corrected chi connectivity index (χ0v) is 11.8. The van der Waals surface area contributed by atoms with Gasteiger partial charge in [0.25, 0.3) is 5.91 Å². The molecule has 4 heteroatoms. The third-order valence-corrected chi connectivity index (χ3v) is 3.39. The topological polar surface area (TPSA) is 47.6 Å². The molecule has 1 heterocycles. The molecule has 1 aliphatic rings. The highest BCUT2D eigenvalue weighted by molar-refractivity contribution is 6.34. The van der Waals surface area contributed by atoms with Gasteiger partial charge in [0, 0.05) is 22.9 Å². The van der Waals surface area contributed by atoms with E-state index in [2.05, 4.69) is 5.32 Å². The summed E-state index contributed by atoms with van der Waals surface area (Å²) < 4.78 is 10.5. The van der Waals surface area contributed by atoms with Crippen LogP contribution >= 0.6 is 0 Å². The molecule has 0 aliphatic carbocycles. The fourth-order valence-corrected chi connectivity index (χ4v) is 2.36. The van der Waals surface area contributed by atoms with Crippen molar-refractivity contribution in [2.24, 2.45) is 0 Å². The molecular weight excluding hydrogens is 266 g/mol. The van der Waals surface area contributed by atoms with E-state index in [9.17, 15) is 4.79 Å². The lowest BCUT2D eigenvalue weighted by Gasteiger charge is -2.06. The van der Waals surface area contributed by atoms with E-state index < -0.39 is 0 Å². The van der Waals surface area contributed by atoms with Gasteiger partial charge in [-0.15, -0.1) is 0 Å². The van der Waals surface area contributed by atoms with E-state index in [-0.39, 0.29) is 5.91 Å². The largest absolute Gasteiger partial charge is 0.497 e. The van der Waals surface area contributed by atoms with E-state index >= 15 is 0 Å². The maximum atomic E-state index is 12.1. The second-order valence-electron chi connectivity index (χ2n) is 4.70. The highest BCUT2D eigenvalue weighted by Gasteiger charge is 2.23. The fraction of sp³-hybridized carbons (Fsp3) is 0.118. The molecule has 0 fully saturated rings. The highest BCUT2D eigenvalue weighted by atomic mass is 16.5. The number of anilines is 1. The van der Waals surface area contributed by atoms with Gasteiger partial charge in [-0.1, -0.05) is 18.2 Å². The van der Waals surface area contributed by atoms with Gasteiger partial charge in [0.15, 0.2) is 0 Å². The predicted octanol–water partition coefficient (Wildman–Crippen LogP) is 3.20. The quantitative estimate of drug-likeness (QED) is 0.879. The van der Waals surface area contributed by atoms with Crippen molar-refractivity contribution in [1.82, 2.24) is 0 Å². The van der Waals surface area contributed by atoms with Gasteiger partial charge in [0.2, 0.25) is 0 Å². The molecule has 2 aromatic carbocycles. The number of hydrogen-bond donors (Lipinski definition) is 1. The number of amides is 1. The molecule has 0 unspecified atom stereocenters. The van der Waals surface area contributed by atoms with Crippen LogP contribution < -0.4 is 14.8 Å². The molecule has 1 amide bonds. The van der Waals surface area contributed by atoms with Crippen LogP contribution in [0.1, 0.15) is 11.1 Å². The lowest BCUT2D eigenvalue weighted by molar-refractivity contribution is -0.110. The summed E-state index contributed by atoms with van der Waals surface area (Å²) in [6, 6.07) is 13.2. The molecule has 2 aromatic rings. The van der Waals surface area contributed by atoms with Crippen LogP contribution in [0.3, 0.4) is 0 Å². The first-order valence-corrected chi connectivity index (χ1v) is 6.57. The van der Waals surface area contributed by atoms with Gasteiger partial charge in [-0.3, -0.25) is 4.79 Å². The van der Waals surface area contributed by atoms with Gasteiger partial charge in [-0.05, 0) is 29.8 Å². The van der Waals surface area contributed by atoms with E-state index in [0.29, 0.717) is 17.1 Å². The summed E-state index contributed by atoms with van der Waals surface area (Å²) in [6.07, 6.45) is 1.84. The Morgan fingerprint density at radius 3 is 2.33 bits per heavy atom. The molecule has 0 bridgehead atoms. The van der Waals surface area contributed by atoms with E-state index in [1.54, 1.807) is 20.3 Å². The number of ether oxygens (including phenoxy) is 2. The smallest absolute Gasteiger partial charge is 0.256 e. The summed E-state index contributed by atoms with van der Waals surface area (Å²) in [4.78, 5) is 12.1. The molecule has 1 aliphatic heterocycles. The molecule has 21 heavy (non-hydrogen) atoms. The molecule has 0 spiro atoms. The zero-order valence-electron chi connectivity index (χ0n) is 11.8. The number of benzene rings is 2. The van der Waals surface area contributed by atoms with Crippen molar-refractivity contribution in [3.63, 3.8) is 0 Å². The molecule has 0 radical (unpaired) electrons. The number of fused-ring (bicyclic) bond motifs is 1. The third-order valence-electron chi connectivity index (χ3n) is 3.39. The van der Waals surface area contributed by atoms with Crippen LogP contribution in [0.2, 0.25) is 0 Å². The number of rotatable bonds is 3. The minimum absolute atomic E-state index is 0.0991. The maximum Gasteiger partial charge on any atom is 0.256 e. The average Bonchev–Trinajstić information content (AvgIpc) is 2.83. The Bertz CT molecular complexity index is 712. The van der Waals surface area contributed by atoms with Gasteiger partial charge in [-0.25, -0.2) is 0 Å². The number of methoxy groups -OCH3 is 2. The number of carbonyl (C=O) groups is 1. The normalized spacial score (nSPS) is 14.8. The van der Waals surface area contributed by atoms with Crippen LogP contribution in [-0.2, 0) is 4.79 Å². The number of hydrogen-bond acceptors (Lipinski definition) is 3. The fourth-order valence-electron chi connectivity index (χ4n) is 2.36. The first kappa shape index (κ1) is 13.2. The van der Waals surface area contributed by atoms with Crippen LogP contribution in [0.15, 0.2) is 42.5 Å². The molecule has 0 saturated heterocycles.